The summed E-state index contributed by atoms with van der Waals surface area (Å²) < 4.78 is 0. The number of nitrogens with zero attached hydrogens (tertiary/aromatic N) is 1. The Bertz CT molecular complexity index is 266. The lowest BCUT2D eigenvalue weighted by Gasteiger charge is -2.33. The van der Waals surface area contributed by atoms with Crippen LogP contribution in [0.25, 0.3) is 0 Å². The second-order valence-electron chi connectivity index (χ2n) is 5.36. The van der Waals surface area contributed by atoms with Crippen LogP contribution in [-0.4, -0.2) is 48.0 Å². The number of hydrogen-bond donors (Lipinski definition) is 1. The molecule has 0 aliphatic carbocycles. The minimum Gasteiger partial charge on any atom is -0.343 e. The average Bonchev–Trinajstić information content (AvgIpc) is 2.37. The first-order valence-corrected chi connectivity index (χ1v) is 8.29. The summed E-state index contributed by atoms with van der Waals surface area (Å²) >= 11 is 1.95. The van der Waals surface area contributed by atoms with Crippen LogP contribution in [0.15, 0.2) is 0 Å². The normalized spacial score (nSPS) is 24.4. The highest BCUT2D eigenvalue weighted by Gasteiger charge is 2.28. The number of carbonyl (C=O) groups is 1. The van der Waals surface area contributed by atoms with Crippen molar-refractivity contribution in [2.24, 2.45) is 5.92 Å². The summed E-state index contributed by atoms with van der Waals surface area (Å²) in [5, 5.41) is 3.40. The second-order valence-corrected chi connectivity index (χ2v) is 6.75. The molecule has 5 heteroatoms. The molecular weight excluding hydrogens is 280 g/mol. The summed E-state index contributed by atoms with van der Waals surface area (Å²) in [5.74, 6) is 2.89. The van der Waals surface area contributed by atoms with Crippen molar-refractivity contribution in [3.8, 4) is 0 Å². The number of rotatable bonds is 6. The zero-order chi connectivity index (χ0) is 13.5. The highest BCUT2D eigenvalue weighted by Crippen LogP contribution is 2.20. The molecule has 19 heavy (non-hydrogen) atoms. The first-order chi connectivity index (χ1) is 8.56. The molecule has 1 heterocycles. The molecule has 0 saturated carbocycles. The Morgan fingerprint density at radius 2 is 2.21 bits per heavy atom. The molecule has 0 aromatic rings. The van der Waals surface area contributed by atoms with Gasteiger partial charge in [-0.1, -0.05) is 6.92 Å². The van der Waals surface area contributed by atoms with Gasteiger partial charge in [0.2, 0.25) is 5.91 Å². The van der Waals surface area contributed by atoms with E-state index < -0.39 is 0 Å². The SMILES string of the molecule is CCSCCC(C)N(C)C(=O)[C@H]1CCN[C@@H](C)C1.Cl. The zero-order valence-corrected chi connectivity index (χ0v) is 14.3. The molecule has 1 rings (SSSR count). The van der Waals surface area contributed by atoms with Crippen molar-refractivity contribution in [3.63, 3.8) is 0 Å². The molecule has 3 atom stereocenters. The van der Waals surface area contributed by atoms with E-state index >= 15 is 0 Å². The van der Waals surface area contributed by atoms with Crippen molar-refractivity contribution >= 4 is 30.1 Å². The van der Waals surface area contributed by atoms with Gasteiger partial charge in [-0.2, -0.15) is 11.8 Å². The van der Waals surface area contributed by atoms with E-state index in [1.807, 2.05) is 23.7 Å². The molecule has 1 fully saturated rings. The molecule has 1 aliphatic heterocycles. The van der Waals surface area contributed by atoms with E-state index in [0.29, 0.717) is 18.0 Å². The maximum atomic E-state index is 12.4. The van der Waals surface area contributed by atoms with Gasteiger partial charge in [0, 0.05) is 25.0 Å². The third kappa shape index (κ3) is 6.37. The monoisotopic (exact) mass is 308 g/mol. The Hall–Kier alpha value is 0.0700. The Morgan fingerprint density at radius 3 is 2.79 bits per heavy atom. The van der Waals surface area contributed by atoms with Crippen LogP contribution in [0.1, 0.15) is 40.0 Å². The van der Waals surface area contributed by atoms with Gasteiger partial charge in [0.1, 0.15) is 0 Å². The third-order valence-electron chi connectivity index (χ3n) is 3.87. The van der Waals surface area contributed by atoms with Crippen LogP contribution in [-0.2, 0) is 4.79 Å². The van der Waals surface area contributed by atoms with Crippen LogP contribution in [0.2, 0.25) is 0 Å². The fraction of sp³-hybridized carbons (Fsp3) is 0.929. The summed E-state index contributed by atoms with van der Waals surface area (Å²) in [4.78, 5) is 14.4. The maximum absolute atomic E-state index is 12.4. The largest absolute Gasteiger partial charge is 0.343 e. The van der Waals surface area contributed by atoms with E-state index in [4.69, 9.17) is 0 Å². The van der Waals surface area contributed by atoms with Crippen molar-refractivity contribution in [2.45, 2.75) is 52.1 Å². The molecule has 0 spiro atoms. The van der Waals surface area contributed by atoms with Gasteiger partial charge < -0.3 is 10.2 Å². The summed E-state index contributed by atoms with van der Waals surface area (Å²) in [6.07, 6.45) is 3.07. The molecule has 1 aliphatic rings. The molecule has 114 valence electrons. The first kappa shape index (κ1) is 19.1. The molecule has 3 nitrogen and oxygen atoms in total. The fourth-order valence-electron chi connectivity index (χ4n) is 2.45. The minimum absolute atomic E-state index is 0. The smallest absolute Gasteiger partial charge is 0.225 e. The summed E-state index contributed by atoms with van der Waals surface area (Å²) in [5.41, 5.74) is 0. The average molecular weight is 309 g/mol. The topological polar surface area (TPSA) is 32.3 Å². The predicted molar refractivity (Wildman–Crippen MR) is 87.3 cm³/mol. The van der Waals surface area contributed by atoms with Crippen molar-refractivity contribution in [1.82, 2.24) is 10.2 Å². The van der Waals surface area contributed by atoms with Crippen molar-refractivity contribution in [2.75, 3.05) is 25.1 Å². The fourth-order valence-corrected chi connectivity index (χ4v) is 3.25. The number of thioether (sulfide) groups is 1. The summed E-state index contributed by atoms with van der Waals surface area (Å²) in [6, 6.07) is 0.841. The quantitative estimate of drug-likeness (QED) is 0.766. The van der Waals surface area contributed by atoms with E-state index in [-0.39, 0.29) is 18.3 Å². The third-order valence-corrected chi connectivity index (χ3v) is 4.80. The molecule has 1 saturated heterocycles. The van der Waals surface area contributed by atoms with Gasteiger partial charge in [0.05, 0.1) is 0 Å². The maximum Gasteiger partial charge on any atom is 0.225 e. The minimum atomic E-state index is 0. The van der Waals surface area contributed by atoms with Crippen molar-refractivity contribution in [1.29, 1.82) is 0 Å². The van der Waals surface area contributed by atoms with Crippen LogP contribution >= 0.6 is 24.2 Å². The Morgan fingerprint density at radius 1 is 1.53 bits per heavy atom. The Kier molecular flexibility index (Phi) is 9.93. The van der Waals surface area contributed by atoms with Crippen molar-refractivity contribution in [3.05, 3.63) is 0 Å². The number of piperidine rings is 1. The van der Waals surface area contributed by atoms with Crippen LogP contribution in [0, 0.1) is 5.92 Å². The second kappa shape index (κ2) is 9.89. The van der Waals surface area contributed by atoms with Crippen LogP contribution < -0.4 is 5.32 Å². The zero-order valence-electron chi connectivity index (χ0n) is 12.6. The summed E-state index contributed by atoms with van der Waals surface area (Å²) in [6.45, 7) is 7.49. The lowest BCUT2D eigenvalue weighted by atomic mass is 9.91. The number of nitrogens with one attached hydrogen (secondary N) is 1. The number of amides is 1. The Balaban J connectivity index is 0.00000324. The molecule has 1 unspecified atom stereocenters. The lowest BCUT2D eigenvalue weighted by molar-refractivity contribution is -0.137. The van der Waals surface area contributed by atoms with Gasteiger partial charge in [-0.25, -0.2) is 0 Å². The van der Waals surface area contributed by atoms with Gasteiger partial charge in [0.25, 0.3) is 0 Å². The number of carbonyl (C=O) groups excluding carboxylic acids is 1. The van der Waals surface area contributed by atoms with E-state index in [2.05, 4.69) is 26.1 Å². The van der Waals surface area contributed by atoms with Gasteiger partial charge >= 0.3 is 0 Å². The standard InChI is InChI=1S/C14H28N2OS.ClH/c1-5-18-9-7-12(3)16(4)14(17)13-6-8-15-11(2)10-13;/h11-13,15H,5-10H2,1-4H3;1H/t11-,12?,13-;/m0./s1. The molecule has 1 amide bonds. The van der Waals surface area contributed by atoms with Gasteiger partial charge in [0.15, 0.2) is 0 Å². The van der Waals surface area contributed by atoms with Crippen molar-refractivity contribution < 1.29 is 4.79 Å². The van der Waals surface area contributed by atoms with E-state index in [1.165, 1.54) is 0 Å². The highest BCUT2D eigenvalue weighted by atomic mass is 35.5. The molecule has 0 bridgehead atoms. The van der Waals surface area contributed by atoms with Gasteiger partial charge in [-0.15, -0.1) is 12.4 Å². The van der Waals surface area contributed by atoms with E-state index in [1.54, 1.807) is 0 Å². The van der Waals surface area contributed by atoms with Crippen LogP contribution in [0.3, 0.4) is 0 Å². The van der Waals surface area contributed by atoms with Gasteiger partial charge in [-0.05, 0) is 51.2 Å². The van der Waals surface area contributed by atoms with Crippen LogP contribution in [0.4, 0.5) is 0 Å². The van der Waals surface area contributed by atoms with Crippen LogP contribution in [0.5, 0.6) is 0 Å². The van der Waals surface area contributed by atoms with E-state index in [9.17, 15) is 4.79 Å². The Labute approximate surface area is 128 Å². The molecule has 0 aromatic heterocycles. The summed E-state index contributed by atoms with van der Waals surface area (Å²) in [7, 11) is 1.97. The predicted octanol–water partition coefficient (Wildman–Crippen LogP) is 2.79. The first-order valence-electron chi connectivity index (χ1n) is 7.14. The lowest BCUT2D eigenvalue weighted by Crippen LogP contribution is -2.45. The molecule has 1 N–H and O–H groups in total. The highest BCUT2D eigenvalue weighted by molar-refractivity contribution is 7.99. The van der Waals surface area contributed by atoms with E-state index in [0.717, 1.165) is 37.3 Å². The number of hydrogen-bond acceptors (Lipinski definition) is 3. The molecular formula is C14H29ClN2OS. The molecule has 0 radical (unpaired) electrons. The van der Waals surface area contributed by atoms with Gasteiger partial charge in [-0.3, -0.25) is 4.79 Å². The molecule has 0 aromatic carbocycles. The number of halogens is 1.